The Hall–Kier alpha value is -3.80. The van der Waals surface area contributed by atoms with Gasteiger partial charge in [0.1, 0.15) is 5.75 Å². The van der Waals surface area contributed by atoms with Crippen molar-refractivity contribution < 1.29 is 14.3 Å². The SMILES string of the molecule is COc1ccccc1C(=O)Nc1ccc(N(C)C)c(C(=O)NCc2ccccc2)c1. The molecule has 6 nitrogen and oxygen atoms in total. The molecule has 3 aromatic rings. The van der Waals surface area contributed by atoms with Gasteiger partial charge in [-0.25, -0.2) is 0 Å². The minimum absolute atomic E-state index is 0.212. The number of nitrogens with one attached hydrogen (secondary N) is 2. The van der Waals surface area contributed by atoms with Gasteiger partial charge in [-0.2, -0.15) is 0 Å². The number of carbonyl (C=O) groups is 2. The molecule has 0 aromatic heterocycles. The van der Waals surface area contributed by atoms with E-state index >= 15 is 0 Å². The fraction of sp³-hybridized carbons (Fsp3) is 0.167. The number of anilines is 2. The van der Waals surface area contributed by atoms with Gasteiger partial charge < -0.3 is 20.3 Å². The molecule has 0 aliphatic heterocycles. The molecule has 154 valence electrons. The van der Waals surface area contributed by atoms with Crippen molar-refractivity contribution >= 4 is 23.2 Å². The topological polar surface area (TPSA) is 70.7 Å². The Morgan fingerprint density at radius 2 is 1.57 bits per heavy atom. The molecule has 0 heterocycles. The Labute approximate surface area is 176 Å². The Balaban J connectivity index is 1.81. The van der Waals surface area contributed by atoms with Crippen LogP contribution in [0.15, 0.2) is 72.8 Å². The van der Waals surface area contributed by atoms with E-state index < -0.39 is 0 Å². The maximum Gasteiger partial charge on any atom is 0.259 e. The van der Waals surface area contributed by atoms with Crippen LogP contribution < -0.4 is 20.3 Å². The van der Waals surface area contributed by atoms with Gasteiger partial charge in [0.05, 0.1) is 18.2 Å². The average Bonchev–Trinajstić information content (AvgIpc) is 2.77. The smallest absolute Gasteiger partial charge is 0.259 e. The van der Waals surface area contributed by atoms with Crippen LogP contribution in [-0.4, -0.2) is 33.0 Å². The molecule has 0 fully saturated rings. The first-order valence-electron chi connectivity index (χ1n) is 9.57. The standard InChI is InChI=1S/C24H25N3O3/c1-27(2)21-14-13-18(26-24(29)19-11-7-8-12-22(19)30-3)15-20(21)23(28)25-16-17-9-5-4-6-10-17/h4-15H,16H2,1-3H3,(H,25,28)(H,26,29). The van der Waals surface area contributed by atoms with Crippen LogP contribution in [0.3, 0.4) is 0 Å². The first-order valence-corrected chi connectivity index (χ1v) is 9.57. The van der Waals surface area contributed by atoms with Gasteiger partial charge >= 0.3 is 0 Å². The van der Waals surface area contributed by atoms with Crippen LogP contribution in [0.4, 0.5) is 11.4 Å². The zero-order valence-corrected chi connectivity index (χ0v) is 17.3. The van der Waals surface area contributed by atoms with E-state index in [4.69, 9.17) is 4.74 Å². The van der Waals surface area contributed by atoms with Crippen molar-refractivity contribution in [2.75, 3.05) is 31.4 Å². The van der Waals surface area contributed by atoms with Gasteiger partial charge in [-0.3, -0.25) is 9.59 Å². The highest BCUT2D eigenvalue weighted by molar-refractivity contribution is 6.07. The van der Waals surface area contributed by atoms with E-state index in [2.05, 4.69) is 10.6 Å². The highest BCUT2D eigenvalue weighted by Gasteiger charge is 2.16. The minimum atomic E-state index is -0.305. The van der Waals surface area contributed by atoms with Crippen LogP contribution in [-0.2, 0) is 6.54 Å². The van der Waals surface area contributed by atoms with Crippen molar-refractivity contribution in [2.45, 2.75) is 6.54 Å². The van der Waals surface area contributed by atoms with E-state index in [0.717, 1.165) is 11.3 Å². The van der Waals surface area contributed by atoms with Crippen molar-refractivity contribution in [1.29, 1.82) is 0 Å². The molecule has 0 unspecified atom stereocenters. The van der Waals surface area contributed by atoms with Gasteiger partial charge in [-0.15, -0.1) is 0 Å². The van der Waals surface area contributed by atoms with E-state index in [9.17, 15) is 9.59 Å². The number of carbonyl (C=O) groups excluding carboxylic acids is 2. The van der Waals surface area contributed by atoms with Crippen LogP contribution >= 0.6 is 0 Å². The molecule has 2 amide bonds. The summed E-state index contributed by atoms with van der Waals surface area (Å²) >= 11 is 0. The summed E-state index contributed by atoms with van der Waals surface area (Å²) in [4.78, 5) is 27.4. The summed E-state index contributed by atoms with van der Waals surface area (Å²) in [5, 5.41) is 5.79. The summed E-state index contributed by atoms with van der Waals surface area (Å²) in [6.45, 7) is 0.421. The molecular weight excluding hydrogens is 378 g/mol. The zero-order chi connectivity index (χ0) is 21.5. The summed E-state index contributed by atoms with van der Waals surface area (Å²) in [5.74, 6) is -0.0302. The third-order valence-electron chi connectivity index (χ3n) is 4.63. The van der Waals surface area contributed by atoms with E-state index in [1.54, 1.807) is 36.4 Å². The minimum Gasteiger partial charge on any atom is -0.496 e. The molecule has 3 rings (SSSR count). The number of nitrogens with zero attached hydrogens (tertiary/aromatic N) is 1. The molecule has 0 saturated heterocycles. The largest absolute Gasteiger partial charge is 0.496 e. The number of methoxy groups -OCH3 is 1. The van der Waals surface area contributed by atoms with Gasteiger partial charge in [-0.05, 0) is 35.9 Å². The van der Waals surface area contributed by atoms with Crippen molar-refractivity contribution in [3.8, 4) is 5.75 Å². The molecule has 6 heteroatoms. The highest BCUT2D eigenvalue weighted by Crippen LogP contribution is 2.25. The second-order valence-corrected chi connectivity index (χ2v) is 6.95. The monoisotopic (exact) mass is 403 g/mol. The number of ether oxygens (including phenoxy) is 1. The number of para-hydroxylation sites is 1. The van der Waals surface area contributed by atoms with E-state index in [0.29, 0.717) is 29.1 Å². The van der Waals surface area contributed by atoms with Crippen LogP contribution in [0.5, 0.6) is 5.75 Å². The van der Waals surface area contributed by atoms with Gasteiger partial charge in [0, 0.05) is 32.0 Å². The van der Waals surface area contributed by atoms with Crippen molar-refractivity contribution in [2.24, 2.45) is 0 Å². The van der Waals surface area contributed by atoms with Gasteiger partial charge in [0.25, 0.3) is 11.8 Å². The summed E-state index contributed by atoms with van der Waals surface area (Å²) in [6, 6.07) is 22.0. The first-order chi connectivity index (χ1) is 14.5. The number of benzene rings is 3. The lowest BCUT2D eigenvalue weighted by molar-refractivity contribution is 0.0950. The molecule has 0 spiro atoms. The Kier molecular flexibility index (Phi) is 6.70. The lowest BCUT2D eigenvalue weighted by Crippen LogP contribution is -2.25. The number of amides is 2. The van der Waals surface area contributed by atoms with Crippen LogP contribution in [0, 0.1) is 0 Å². The maximum atomic E-state index is 12.9. The first kappa shape index (κ1) is 20.9. The third kappa shape index (κ3) is 4.97. The summed E-state index contributed by atoms with van der Waals surface area (Å²) in [7, 11) is 5.26. The molecule has 0 atom stereocenters. The summed E-state index contributed by atoms with van der Waals surface area (Å²) < 4.78 is 5.26. The molecule has 0 saturated carbocycles. The van der Waals surface area contributed by atoms with E-state index in [1.807, 2.05) is 55.4 Å². The van der Waals surface area contributed by atoms with Crippen molar-refractivity contribution in [3.63, 3.8) is 0 Å². The zero-order valence-electron chi connectivity index (χ0n) is 17.3. The van der Waals surface area contributed by atoms with Gasteiger partial charge in [-0.1, -0.05) is 42.5 Å². The normalized spacial score (nSPS) is 10.2. The average molecular weight is 403 g/mol. The maximum absolute atomic E-state index is 12.9. The molecular formula is C24H25N3O3. The second kappa shape index (κ2) is 9.60. The van der Waals surface area contributed by atoms with Gasteiger partial charge in [0.2, 0.25) is 0 Å². The van der Waals surface area contributed by atoms with Crippen LogP contribution in [0.2, 0.25) is 0 Å². The molecule has 0 aliphatic carbocycles. The fourth-order valence-electron chi connectivity index (χ4n) is 3.09. The lowest BCUT2D eigenvalue weighted by atomic mass is 10.1. The number of rotatable bonds is 7. The summed E-state index contributed by atoms with van der Waals surface area (Å²) in [5.41, 5.74) is 3.20. The fourth-order valence-corrected chi connectivity index (χ4v) is 3.09. The molecule has 0 bridgehead atoms. The molecule has 30 heavy (non-hydrogen) atoms. The van der Waals surface area contributed by atoms with E-state index in [-0.39, 0.29) is 11.8 Å². The molecule has 0 radical (unpaired) electrons. The third-order valence-corrected chi connectivity index (χ3v) is 4.63. The second-order valence-electron chi connectivity index (χ2n) is 6.95. The Morgan fingerprint density at radius 1 is 0.867 bits per heavy atom. The Morgan fingerprint density at radius 3 is 2.27 bits per heavy atom. The molecule has 0 aliphatic rings. The van der Waals surface area contributed by atoms with Crippen LogP contribution in [0.25, 0.3) is 0 Å². The predicted octanol–water partition coefficient (Wildman–Crippen LogP) is 3.94. The number of hydrogen-bond acceptors (Lipinski definition) is 4. The molecule has 2 N–H and O–H groups in total. The van der Waals surface area contributed by atoms with Gasteiger partial charge in [0.15, 0.2) is 0 Å². The molecule has 3 aromatic carbocycles. The lowest BCUT2D eigenvalue weighted by Gasteiger charge is -2.19. The van der Waals surface area contributed by atoms with Crippen molar-refractivity contribution in [1.82, 2.24) is 5.32 Å². The van der Waals surface area contributed by atoms with Crippen molar-refractivity contribution in [3.05, 3.63) is 89.5 Å². The summed E-state index contributed by atoms with van der Waals surface area (Å²) in [6.07, 6.45) is 0. The number of hydrogen-bond donors (Lipinski definition) is 2. The highest BCUT2D eigenvalue weighted by atomic mass is 16.5. The van der Waals surface area contributed by atoms with Crippen LogP contribution in [0.1, 0.15) is 26.3 Å². The van der Waals surface area contributed by atoms with E-state index in [1.165, 1.54) is 7.11 Å². The Bertz CT molecular complexity index is 1030. The quantitative estimate of drug-likeness (QED) is 0.627. The predicted molar refractivity (Wildman–Crippen MR) is 119 cm³/mol.